The molecule has 0 radical (unpaired) electrons. The van der Waals surface area contributed by atoms with E-state index in [-0.39, 0.29) is 11.8 Å². The summed E-state index contributed by atoms with van der Waals surface area (Å²) in [6.07, 6.45) is 5.60. The van der Waals surface area contributed by atoms with Gasteiger partial charge in [0.25, 0.3) is 0 Å². The summed E-state index contributed by atoms with van der Waals surface area (Å²) in [7, 11) is 3.78. The Balaban J connectivity index is 1.96. The van der Waals surface area contributed by atoms with Crippen LogP contribution < -0.4 is 10.2 Å². The summed E-state index contributed by atoms with van der Waals surface area (Å²) < 4.78 is 0. The lowest BCUT2D eigenvalue weighted by atomic mass is 9.79. The molecule has 1 fully saturated rings. The van der Waals surface area contributed by atoms with Crippen LogP contribution in [0.5, 0.6) is 0 Å². The summed E-state index contributed by atoms with van der Waals surface area (Å²) >= 11 is 0. The Morgan fingerprint density at radius 3 is 2.90 bits per heavy atom. The molecule has 6 heteroatoms. The number of carbonyl (C=O) groups is 1. The van der Waals surface area contributed by atoms with Crippen LogP contribution in [0.1, 0.15) is 25.7 Å². The molecule has 0 bridgehead atoms. The average molecular weight is 278 g/mol. The number of carboxylic acid groups (broad SMARTS) is 1. The Morgan fingerprint density at radius 2 is 2.20 bits per heavy atom. The molecule has 1 heterocycles. The molecule has 6 nitrogen and oxygen atoms in total. The molecule has 1 aliphatic carbocycles. The van der Waals surface area contributed by atoms with Gasteiger partial charge in [0, 0.05) is 26.8 Å². The molecule has 2 atom stereocenters. The van der Waals surface area contributed by atoms with Crippen molar-refractivity contribution in [2.75, 3.05) is 30.9 Å². The van der Waals surface area contributed by atoms with Crippen molar-refractivity contribution >= 4 is 17.7 Å². The average Bonchev–Trinajstić information content (AvgIpc) is 2.45. The minimum Gasteiger partial charge on any atom is -0.481 e. The van der Waals surface area contributed by atoms with E-state index in [2.05, 4.69) is 15.3 Å². The van der Waals surface area contributed by atoms with E-state index in [4.69, 9.17) is 0 Å². The fourth-order valence-corrected chi connectivity index (χ4v) is 2.68. The highest BCUT2D eigenvalue weighted by molar-refractivity contribution is 5.70. The van der Waals surface area contributed by atoms with Crippen molar-refractivity contribution in [2.45, 2.75) is 25.7 Å². The molecule has 0 aromatic carbocycles. The maximum atomic E-state index is 11.3. The Hall–Kier alpha value is -1.85. The van der Waals surface area contributed by atoms with Crippen LogP contribution in [0.3, 0.4) is 0 Å². The van der Waals surface area contributed by atoms with Crippen molar-refractivity contribution in [3.63, 3.8) is 0 Å². The van der Waals surface area contributed by atoms with E-state index in [1.807, 2.05) is 25.1 Å². The van der Waals surface area contributed by atoms with Crippen LogP contribution in [0.2, 0.25) is 0 Å². The highest BCUT2D eigenvalue weighted by Gasteiger charge is 2.30. The minimum atomic E-state index is -0.673. The first-order chi connectivity index (χ1) is 9.58. The highest BCUT2D eigenvalue weighted by Crippen LogP contribution is 2.30. The molecule has 1 aromatic heterocycles. The van der Waals surface area contributed by atoms with E-state index >= 15 is 0 Å². The molecule has 0 aliphatic heterocycles. The predicted molar refractivity (Wildman–Crippen MR) is 77.9 cm³/mol. The minimum absolute atomic E-state index is 0.180. The number of nitrogens with one attached hydrogen (secondary N) is 1. The number of carboxylic acids is 1. The maximum absolute atomic E-state index is 11.3. The summed E-state index contributed by atoms with van der Waals surface area (Å²) in [6.45, 7) is 0.654. The molecule has 1 aromatic rings. The zero-order valence-corrected chi connectivity index (χ0v) is 12.0. The second-order valence-corrected chi connectivity index (χ2v) is 5.51. The van der Waals surface area contributed by atoms with Crippen LogP contribution in [-0.4, -0.2) is 41.7 Å². The molecule has 1 aliphatic rings. The van der Waals surface area contributed by atoms with E-state index in [0.717, 1.165) is 31.5 Å². The first kappa shape index (κ1) is 14.6. The van der Waals surface area contributed by atoms with E-state index in [1.54, 1.807) is 6.20 Å². The van der Waals surface area contributed by atoms with Gasteiger partial charge in [0.1, 0.15) is 5.82 Å². The summed E-state index contributed by atoms with van der Waals surface area (Å²) in [5, 5.41) is 12.5. The smallest absolute Gasteiger partial charge is 0.306 e. The van der Waals surface area contributed by atoms with Gasteiger partial charge in [-0.3, -0.25) is 4.79 Å². The number of aromatic nitrogens is 2. The lowest BCUT2D eigenvalue weighted by Crippen LogP contribution is -2.32. The van der Waals surface area contributed by atoms with Gasteiger partial charge in [0.2, 0.25) is 5.95 Å². The third kappa shape index (κ3) is 3.59. The Labute approximate surface area is 119 Å². The Kier molecular flexibility index (Phi) is 4.76. The molecule has 2 rings (SSSR count). The van der Waals surface area contributed by atoms with Crippen LogP contribution >= 0.6 is 0 Å². The molecule has 20 heavy (non-hydrogen) atoms. The van der Waals surface area contributed by atoms with Crippen LogP contribution in [0, 0.1) is 11.8 Å². The molecule has 0 saturated heterocycles. The molecule has 1 saturated carbocycles. The van der Waals surface area contributed by atoms with Crippen LogP contribution in [0.25, 0.3) is 0 Å². The van der Waals surface area contributed by atoms with Crippen LogP contribution in [-0.2, 0) is 4.79 Å². The van der Waals surface area contributed by atoms with Gasteiger partial charge in [0.15, 0.2) is 0 Å². The molecule has 2 N–H and O–H groups in total. The van der Waals surface area contributed by atoms with Gasteiger partial charge in [-0.2, -0.15) is 4.98 Å². The Morgan fingerprint density at radius 1 is 1.45 bits per heavy atom. The number of hydrogen-bond donors (Lipinski definition) is 2. The quantitative estimate of drug-likeness (QED) is 0.855. The van der Waals surface area contributed by atoms with Crippen LogP contribution in [0.15, 0.2) is 12.3 Å². The topological polar surface area (TPSA) is 78.4 Å². The summed E-state index contributed by atoms with van der Waals surface area (Å²) in [5.74, 6) is 0.672. The molecule has 0 spiro atoms. The zero-order valence-electron chi connectivity index (χ0n) is 12.0. The number of hydrogen-bond acceptors (Lipinski definition) is 5. The summed E-state index contributed by atoms with van der Waals surface area (Å²) in [5.41, 5.74) is 0. The molecule has 0 amide bonds. The fraction of sp³-hybridized carbons (Fsp3) is 0.643. The van der Waals surface area contributed by atoms with Gasteiger partial charge < -0.3 is 15.3 Å². The molecular formula is C14H22N4O2. The summed E-state index contributed by atoms with van der Waals surface area (Å²) in [4.78, 5) is 21.6. The van der Waals surface area contributed by atoms with Crippen molar-refractivity contribution in [2.24, 2.45) is 11.8 Å². The third-order valence-electron chi connectivity index (χ3n) is 3.81. The fourth-order valence-electron chi connectivity index (χ4n) is 2.68. The monoisotopic (exact) mass is 278 g/mol. The van der Waals surface area contributed by atoms with Crippen molar-refractivity contribution < 1.29 is 9.90 Å². The summed E-state index contributed by atoms with van der Waals surface area (Å²) in [6, 6.07) is 1.81. The number of aliphatic carboxylic acids is 1. The normalized spacial score (nSPS) is 22.3. The van der Waals surface area contributed by atoms with E-state index in [1.165, 1.54) is 0 Å². The van der Waals surface area contributed by atoms with Gasteiger partial charge >= 0.3 is 5.97 Å². The zero-order chi connectivity index (χ0) is 14.5. The third-order valence-corrected chi connectivity index (χ3v) is 3.81. The Bertz CT molecular complexity index is 464. The van der Waals surface area contributed by atoms with Crippen molar-refractivity contribution in [3.8, 4) is 0 Å². The maximum Gasteiger partial charge on any atom is 0.306 e. The van der Waals surface area contributed by atoms with Gasteiger partial charge in [-0.05, 0) is 24.8 Å². The predicted octanol–water partition coefficient (Wildman–Crippen LogP) is 1.85. The van der Waals surface area contributed by atoms with Crippen LogP contribution in [0.4, 0.5) is 11.8 Å². The molecule has 110 valence electrons. The largest absolute Gasteiger partial charge is 0.481 e. The van der Waals surface area contributed by atoms with Gasteiger partial charge in [0.05, 0.1) is 5.92 Å². The highest BCUT2D eigenvalue weighted by atomic mass is 16.4. The van der Waals surface area contributed by atoms with Gasteiger partial charge in [-0.25, -0.2) is 4.98 Å². The first-order valence-electron chi connectivity index (χ1n) is 7.05. The molecule has 2 unspecified atom stereocenters. The van der Waals surface area contributed by atoms with E-state index in [0.29, 0.717) is 12.5 Å². The lowest BCUT2D eigenvalue weighted by molar-refractivity contribution is -0.144. The number of anilines is 2. The van der Waals surface area contributed by atoms with Crippen molar-refractivity contribution in [3.05, 3.63) is 12.3 Å². The number of nitrogens with zero attached hydrogens (tertiary/aromatic N) is 3. The molecular weight excluding hydrogens is 256 g/mol. The van der Waals surface area contributed by atoms with Gasteiger partial charge in [-0.15, -0.1) is 0 Å². The second kappa shape index (κ2) is 6.54. The van der Waals surface area contributed by atoms with E-state index in [9.17, 15) is 9.90 Å². The standard InChI is InChI=1S/C14H22N4O2/c1-18(2)14-15-8-7-12(17-14)16-9-10-5-3-4-6-11(10)13(19)20/h7-8,10-11H,3-6,9H2,1-2H3,(H,19,20)(H,15,16,17). The number of rotatable bonds is 5. The van der Waals surface area contributed by atoms with Crippen molar-refractivity contribution in [1.82, 2.24) is 9.97 Å². The second-order valence-electron chi connectivity index (χ2n) is 5.51. The first-order valence-corrected chi connectivity index (χ1v) is 7.05. The van der Waals surface area contributed by atoms with Crippen molar-refractivity contribution in [1.29, 1.82) is 0 Å². The SMILES string of the molecule is CN(C)c1nccc(NCC2CCCCC2C(=O)O)n1. The van der Waals surface area contributed by atoms with Gasteiger partial charge in [-0.1, -0.05) is 12.8 Å². The lowest BCUT2D eigenvalue weighted by Gasteiger charge is -2.28. The van der Waals surface area contributed by atoms with E-state index < -0.39 is 5.97 Å².